The molecule has 0 saturated heterocycles. The van der Waals surface area contributed by atoms with Crippen LogP contribution in [0.3, 0.4) is 0 Å². The van der Waals surface area contributed by atoms with Crippen LogP contribution >= 0.6 is 11.6 Å². The number of nitrogens with one attached hydrogen (secondary N) is 1. The van der Waals surface area contributed by atoms with E-state index in [9.17, 15) is 10.1 Å². The largest absolute Gasteiger partial charge is 0.462 e. The van der Waals surface area contributed by atoms with Crippen molar-refractivity contribution < 1.29 is 13.9 Å². The molecule has 7 heteroatoms. The third-order valence-corrected chi connectivity index (χ3v) is 5.16. The third kappa shape index (κ3) is 4.43. The molecule has 0 aliphatic carbocycles. The number of fused-ring (bicyclic) bond motifs is 1. The molecule has 4 aromatic rings. The molecule has 0 bridgehead atoms. The summed E-state index contributed by atoms with van der Waals surface area (Å²) in [5, 5.41) is 9.97. The third-order valence-electron chi connectivity index (χ3n) is 4.83. The number of aryl methyl sites for hydroxylation is 1. The molecule has 6 nitrogen and oxygen atoms in total. The molecule has 4 rings (SSSR count). The molecular weight excluding hydrogens is 426 g/mol. The zero-order chi connectivity index (χ0) is 22.7. The Balaban J connectivity index is 1.63. The molecule has 2 aromatic carbocycles. The van der Waals surface area contributed by atoms with Gasteiger partial charge < -0.3 is 14.1 Å². The lowest BCUT2D eigenvalue weighted by Gasteiger charge is -2.06. The van der Waals surface area contributed by atoms with E-state index in [-0.39, 0.29) is 5.56 Å². The van der Waals surface area contributed by atoms with E-state index in [0.29, 0.717) is 40.1 Å². The van der Waals surface area contributed by atoms with Gasteiger partial charge in [0.25, 0.3) is 0 Å². The lowest BCUT2D eigenvalue weighted by atomic mass is 10.1. The number of nitrogens with zero attached hydrogens (tertiary/aromatic N) is 2. The van der Waals surface area contributed by atoms with Gasteiger partial charge in [-0.05, 0) is 61.4 Å². The maximum Gasteiger partial charge on any atom is 0.339 e. The number of halogens is 1. The molecule has 2 aromatic heterocycles. The Hall–Kier alpha value is -3.82. The molecule has 0 amide bonds. The molecule has 1 N–H and O–H groups in total. The molecule has 0 fully saturated rings. The number of ether oxygens (including phenoxy) is 1. The normalized spacial score (nSPS) is 11.5. The number of aromatic amines is 1. The number of nitriles is 1. The van der Waals surface area contributed by atoms with Crippen LogP contribution in [0.2, 0.25) is 5.02 Å². The first kappa shape index (κ1) is 21.4. The van der Waals surface area contributed by atoms with E-state index >= 15 is 0 Å². The number of rotatable bonds is 6. The predicted octanol–water partition coefficient (Wildman–Crippen LogP) is 6.42. The van der Waals surface area contributed by atoms with E-state index in [0.717, 1.165) is 23.0 Å². The van der Waals surface area contributed by atoms with Gasteiger partial charge in [-0.1, -0.05) is 24.6 Å². The van der Waals surface area contributed by atoms with Gasteiger partial charge >= 0.3 is 5.97 Å². The van der Waals surface area contributed by atoms with Crippen molar-refractivity contribution in [3.8, 4) is 17.4 Å². The number of carbonyl (C=O) groups excluding carboxylic acids is 1. The van der Waals surface area contributed by atoms with Crippen molar-refractivity contribution >= 4 is 40.3 Å². The standard InChI is InChI=1S/C25H20ClN3O3/c1-3-10-31-25(30)19-13-16(5-7-20(19)26)23-9-6-18(32-23)12-17(14-27)24-28-21-8-4-15(2)11-22(21)29-24/h4-9,11-13H,3,10H2,1-2H3,(H,28,29)/b17-12-. The maximum atomic E-state index is 12.3. The van der Waals surface area contributed by atoms with Crippen LogP contribution in [0, 0.1) is 18.3 Å². The van der Waals surface area contributed by atoms with E-state index in [1.165, 1.54) is 0 Å². The second-order valence-corrected chi connectivity index (χ2v) is 7.72. The molecule has 160 valence electrons. The summed E-state index contributed by atoms with van der Waals surface area (Å²) >= 11 is 6.17. The van der Waals surface area contributed by atoms with Crippen molar-refractivity contribution in [3.05, 3.63) is 76.3 Å². The minimum absolute atomic E-state index is 0.279. The van der Waals surface area contributed by atoms with Gasteiger partial charge in [-0.3, -0.25) is 0 Å². The SMILES string of the molecule is CCCOC(=O)c1cc(-c2ccc(/C=C(/C#N)c3nc4ccc(C)cc4[nH]3)o2)ccc1Cl. The van der Waals surface area contributed by atoms with Gasteiger partial charge in [-0.2, -0.15) is 5.26 Å². The van der Waals surface area contributed by atoms with Gasteiger partial charge in [-0.15, -0.1) is 0 Å². The molecule has 0 unspecified atom stereocenters. The summed E-state index contributed by atoms with van der Waals surface area (Å²) in [5.41, 5.74) is 4.06. The lowest BCUT2D eigenvalue weighted by Crippen LogP contribution is -2.06. The highest BCUT2D eigenvalue weighted by Gasteiger charge is 2.15. The average molecular weight is 446 g/mol. The summed E-state index contributed by atoms with van der Waals surface area (Å²) in [5.74, 6) is 1.02. The number of aromatic nitrogens is 2. The molecule has 0 spiro atoms. The number of hydrogen-bond donors (Lipinski definition) is 1. The molecule has 0 radical (unpaired) electrons. The van der Waals surface area contributed by atoms with Crippen molar-refractivity contribution in [2.24, 2.45) is 0 Å². The van der Waals surface area contributed by atoms with Crippen LogP contribution in [-0.4, -0.2) is 22.5 Å². The summed E-state index contributed by atoms with van der Waals surface area (Å²) < 4.78 is 11.1. The number of furan rings is 1. The number of carbonyl (C=O) groups is 1. The van der Waals surface area contributed by atoms with Crippen LogP contribution in [-0.2, 0) is 4.74 Å². The van der Waals surface area contributed by atoms with Crippen LogP contribution in [0.4, 0.5) is 0 Å². The summed E-state index contributed by atoms with van der Waals surface area (Å²) in [6.07, 6.45) is 2.35. The molecule has 32 heavy (non-hydrogen) atoms. The fourth-order valence-electron chi connectivity index (χ4n) is 3.24. The van der Waals surface area contributed by atoms with Crippen molar-refractivity contribution in [1.29, 1.82) is 5.26 Å². The maximum absolute atomic E-state index is 12.3. The topological polar surface area (TPSA) is 91.9 Å². The van der Waals surface area contributed by atoms with Crippen LogP contribution in [0.25, 0.3) is 34.0 Å². The number of hydrogen-bond acceptors (Lipinski definition) is 5. The Kier molecular flexibility index (Phi) is 6.11. The second kappa shape index (κ2) is 9.13. The predicted molar refractivity (Wildman–Crippen MR) is 124 cm³/mol. The van der Waals surface area contributed by atoms with E-state index < -0.39 is 5.97 Å². The van der Waals surface area contributed by atoms with E-state index in [2.05, 4.69) is 16.0 Å². The summed E-state index contributed by atoms with van der Waals surface area (Å²) in [6, 6.07) is 16.6. The van der Waals surface area contributed by atoms with Crippen molar-refractivity contribution in [3.63, 3.8) is 0 Å². The van der Waals surface area contributed by atoms with Gasteiger partial charge in [0.05, 0.1) is 33.8 Å². The number of benzene rings is 2. The zero-order valence-electron chi connectivity index (χ0n) is 17.6. The van der Waals surface area contributed by atoms with Crippen LogP contribution in [0.15, 0.2) is 52.9 Å². The fraction of sp³-hybridized carbons (Fsp3) is 0.160. The summed E-state index contributed by atoms with van der Waals surface area (Å²) in [7, 11) is 0. The van der Waals surface area contributed by atoms with Gasteiger partial charge in [0.2, 0.25) is 0 Å². The smallest absolute Gasteiger partial charge is 0.339 e. The van der Waals surface area contributed by atoms with Crippen molar-refractivity contribution in [1.82, 2.24) is 9.97 Å². The van der Waals surface area contributed by atoms with Crippen molar-refractivity contribution in [2.45, 2.75) is 20.3 Å². The van der Waals surface area contributed by atoms with E-state index in [1.807, 2.05) is 32.0 Å². The Bertz CT molecular complexity index is 1370. The first-order valence-corrected chi connectivity index (χ1v) is 10.5. The minimum Gasteiger partial charge on any atom is -0.462 e. The lowest BCUT2D eigenvalue weighted by molar-refractivity contribution is 0.0505. The highest BCUT2D eigenvalue weighted by molar-refractivity contribution is 6.33. The minimum atomic E-state index is -0.475. The highest BCUT2D eigenvalue weighted by atomic mass is 35.5. The summed E-state index contributed by atoms with van der Waals surface area (Å²) in [6.45, 7) is 4.25. The Morgan fingerprint density at radius 2 is 2.09 bits per heavy atom. The fourth-order valence-corrected chi connectivity index (χ4v) is 3.43. The first-order chi connectivity index (χ1) is 15.5. The van der Waals surface area contributed by atoms with Gasteiger partial charge in [0, 0.05) is 11.6 Å². The van der Waals surface area contributed by atoms with Crippen molar-refractivity contribution in [2.75, 3.05) is 6.61 Å². The van der Waals surface area contributed by atoms with Crippen LogP contribution in [0.1, 0.15) is 40.9 Å². The van der Waals surface area contributed by atoms with Crippen LogP contribution < -0.4 is 0 Å². The second-order valence-electron chi connectivity index (χ2n) is 7.31. The Morgan fingerprint density at radius 1 is 1.25 bits per heavy atom. The monoisotopic (exact) mass is 445 g/mol. The Labute approximate surface area is 190 Å². The molecular formula is C25H20ClN3O3. The number of H-pyrrole nitrogens is 1. The molecule has 0 atom stereocenters. The number of imidazole rings is 1. The number of esters is 1. The molecule has 0 aliphatic rings. The van der Waals surface area contributed by atoms with Gasteiger partial charge in [-0.25, -0.2) is 9.78 Å². The quantitative estimate of drug-likeness (QED) is 0.273. The molecule has 0 aliphatic heterocycles. The summed E-state index contributed by atoms with van der Waals surface area (Å²) in [4.78, 5) is 19.9. The first-order valence-electron chi connectivity index (χ1n) is 10.1. The van der Waals surface area contributed by atoms with E-state index in [1.54, 1.807) is 36.4 Å². The highest BCUT2D eigenvalue weighted by Crippen LogP contribution is 2.29. The Morgan fingerprint density at radius 3 is 2.88 bits per heavy atom. The zero-order valence-corrected chi connectivity index (χ0v) is 18.4. The molecule has 2 heterocycles. The average Bonchev–Trinajstić information content (AvgIpc) is 3.42. The van der Waals surface area contributed by atoms with Gasteiger partial charge in [0.15, 0.2) is 0 Å². The molecule has 0 saturated carbocycles. The van der Waals surface area contributed by atoms with Crippen LogP contribution in [0.5, 0.6) is 0 Å². The van der Waals surface area contributed by atoms with E-state index in [4.69, 9.17) is 20.8 Å². The van der Waals surface area contributed by atoms with Gasteiger partial charge in [0.1, 0.15) is 23.4 Å². The number of allylic oxidation sites excluding steroid dienone is 1.